The molecule has 19 atom stereocenters. The Bertz CT molecular complexity index is 1340. The lowest BCUT2D eigenvalue weighted by atomic mass is 9.70. The number of hydrogen-bond acceptors (Lipinski definition) is 11. The molecule has 8 bridgehead atoms. The molecule has 13 nitrogen and oxygen atoms in total. The fourth-order valence-corrected chi connectivity index (χ4v) is 14.9. The Balaban J connectivity index is 1.08. The van der Waals surface area contributed by atoms with Crippen molar-refractivity contribution >= 4 is 21.1 Å². The summed E-state index contributed by atoms with van der Waals surface area (Å²) < 4.78 is 48.0. The Morgan fingerprint density at radius 1 is 0.510 bits per heavy atom. The van der Waals surface area contributed by atoms with Crippen molar-refractivity contribution in [3.05, 3.63) is 0 Å². The maximum absolute atomic E-state index is 13.1. The van der Waals surface area contributed by atoms with Crippen molar-refractivity contribution in [3.63, 3.8) is 0 Å². The monoisotopic (exact) mass is 723 g/mol. The van der Waals surface area contributed by atoms with E-state index in [1.165, 1.54) is 77.0 Å². The molecule has 49 heavy (non-hydrogen) atoms. The highest BCUT2D eigenvalue weighted by Crippen LogP contribution is 2.48. The minimum Gasteiger partial charge on any atom is -0.306 e. The third-order valence-corrected chi connectivity index (χ3v) is 17.2. The molecule has 5 heterocycles. The zero-order chi connectivity index (χ0) is 33.4. The molecule has 9 fully saturated rings. The SMILES string of the molecule is NS(=O)(=O)C1CCC2C3NC4NC(NC5NC(NC6NC(NC(N3)C2C1CCS(=O)O)C1CCCCC61)C1CCCCC51)C1CCCCC41. The van der Waals surface area contributed by atoms with E-state index in [2.05, 4.69) is 42.5 Å². The standard InChI is InChI=1S/C34H61N9O4S2/c35-49(46,47)25-14-13-24-26(23(25)15-16-48(44)45)34-42-32-22-12-6-5-11-21(22)30(40-32)38-28-18-8-2-1-7-17(18)27(36-28)37-29-19-9-3-4-10-20(19)31(39-29)41-33(24)43-34/h17-34,36-43H,1-16H2,(H,44,45)(H2,35,46,47). The number of nitrogens with two attached hydrogens (primary N) is 1. The summed E-state index contributed by atoms with van der Waals surface area (Å²) in [6, 6.07) is 0. The van der Waals surface area contributed by atoms with Crippen LogP contribution in [0, 0.1) is 53.3 Å². The normalized spacial score (nSPS) is 53.3. The third-order valence-electron chi connectivity index (χ3n) is 15.2. The molecule has 0 amide bonds. The van der Waals surface area contributed by atoms with Crippen LogP contribution in [0.25, 0.3) is 0 Å². The predicted octanol–water partition coefficient (Wildman–Crippen LogP) is 0.711. The fraction of sp³-hybridized carbons (Fsp3) is 1.00. The van der Waals surface area contributed by atoms with E-state index in [1.54, 1.807) is 0 Å². The topological polar surface area (TPSA) is 194 Å². The molecule has 0 aromatic heterocycles. The van der Waals surface area contributed by atoms with Crippen LogP contribution in [0.3, 0.4) is 0 Å². The molecule has 4 saturated carbocycles. The van der Waals surface area contributed by atoms with Crippen LogP contribution in [0.5, 0.6) is 0 Å². The molecule has 5 saturated heterocycles. The maximum Gasteiger partial charge on any atom is 0.212 e. The van der Waals surface area contributed by atoms with Crippen molar-refractivity contribution in [1.29, 1.82) is 0 Å². The molecule has 0 radical (unpaired) electrons. The summed E-state index contributed by atoms with van der Waals surface area (Å²) in [4.78, 5) is 0. The lowest BCUT2D eigenvalue weighted by molar-refractivity contribution is 0.122. The van der Waals surface area contributed by atoms with E-state index < -0.39 is 26.4 Å². The zero-order valence-electron chi connectivity index (χ0n) is 28.8. The summed E-state index contributed by atoms with van der Waals surface area (Å²) in [5, 5.41) is 38.0. The Kier molecular flexibility index (Phi) is 9.73. The Hall–Kier alpha value is -0.300. The van der Waals surface area contributed by atoms with Gasteiger partial charge in [0.05, 0.1) is 54.6 Å². The summed E-state index contributed by atoms with van der Waals surface area (Å²) >= 11 is -2.00. The first-order valence-electron chi connectivity index (χ1n) is 19.9. The van der Waals surface area contributed by atoms with E-state index >= 15 is 0 Å². The van der Waals surface area contributed by atoms with Gasteiger partial charge in [-0.2, -0.15) is 0 Å². The number of sulfonamides is 1. The second-order valence-electron chi connectivity index (χ2n) is 17.4. The minimum absolute atomic E-state index is 0.00743. The maximum atomic E-state index is 13.1. The highest BCUT2D eigenvalue weighted by molar-refractivity contribution is 7.89. The van der Waals surface area contributed by atoms with Gasteiger partial charge in [-0.3, -0.25) is 42.5 Å². The first-order valence-corrected chi connectivity index (χ1v) is 22.8. The van der Waals surface area contributed by atoms with Gasteiger partial charge in [-0.25, -0.2) is 17.8 Å². The molecular formula is C34H61N9O4S2. The molecule has 0 aromatic rings. The molecule has 0 aromatic carbocycles. The van der Waals surface area contributed by atoms with Crippen molar-refractivity contribution in [3.8, 4) is 0 Å². The third kappa shape index (κ3) is 6.41. The molecule has 15 heteroatoms. The van der Waals surface area contributed by atoms with Gasteiger partial charge in [0.1, 0.15) is 0 Å². The average molecular weight is 724 g/mol. The van der Waals surface area contributed by atoms with Crippen LogP contribution in [-0.2, 0) is 21.1 Å². The van der Waals surface area contributed by atoms with Gasteiger partial charge in [-0.1, -0.05) is 38.5 Å². The van der Waals surface area contributed by atoms with Gasteiger partial charge in [-0.05, 0) is 111 Å². The number of hydrogen-bond donors (Lipinski definition) is 10. The molecule has 4 aliphatic carbocycles. The number of fused-ring (bicyclic) bond motifs is 20. The molecule has 9 rings (SSSR count). The lowest BCUT2D eigenvalue weighted by Gasteiger charge is -2.43. The largest absolute Gasteiger partial charge is 0.306 e. The van der Waals surface area contributed by atoms with Gasteiger partial charge in [-0.15, -0.1) is 0 Å². The van der Waals surface area contributed by atoms with Gasteiger partial charge < -0.3 is 4.55 Å². The van der Waals surface area contributed by atoms with Crippen molar-refractivity contribution in [2.75, 3.05) is 5.75 Å². The van der Waals surface area contributed by atoms with Crippen molar-refractivity contribution in [2.45, 2.75) is 151 Å². The minimum atomic E-state index is -3.83. The molecule has 11 N–H and O–H groups in total. The number of rotatable bonds is 4. The molecular weight excluding hydrogens is 663 g/mol. The zero-order valence-corrected chi connectivity index (χ0v) is 30.4. The van der Waals surface area contributed by atoms with Crippen molar-refractivity contribution < 1.29 is 17.2 Å². The highest BCUT2D eigenvalue weighted by atomic mass is 32.2. The Labute approximate surface area is 295 Å². The van der Waals surface area contributed by atoms with Crippen molar-refractivity contribution in [1.82, 2.24) is 42.5 Å². The second kappa shape index (κ2) is 13.8. The smallest absolute Gasteiger partial charge is 0.212 e. The van der Waals surface area contributed by atoms with E-state index in [9.17, 15) is 17.2 Å². The lowest BCUT2D eigenvalue weighted by Crippen LogP contribution is -2.62. The van der Waals surface area contributed by atoms with Crippen molar-refractivity contribution in [2.24, 2.45) is 58.4 Å². The predicted molar refractivity (Wildman–Crippen MR) is 189 cm³/mol. The summed E-state index contributed by atoms with van der Waals surface area (Å²) in [5.74, 6) is 3.24. The quantitative estimate of drug-likeness (QED) is 0.183. The van der Waals surface area contributed by atoms with Gasteiger partial charge in [0.15, 0.2) is 11.1 Å². The average Bonchev–Trinajstić information content (AvgIpc) is 3.82. The van der Waals surface area contributed by atoms with Gasteiger partial charge in [0.25, 0.3) is 0 Å². The summed E-state index contributed by atoms with van der Waals surface area (Å²) in [5.41, 5.74) is 0. The van der Waals surface area contributed by atoms with E-state index in [4.69, 9.17) is 5.14 Å². The van der Waals surface area contributed by atoms with E-state index in [0.29, 0.717) is 48.3 Å². The summed E-state index contributed by atoms with van der Waals surface area (Å²) in [6.07, 6.45) is 17.7. The molecule has 0 spiro atoms. The molecule has 9 aliphatic rings. The van der Waals surface area contributed by atoms with Crippen LogP contribution in [0.15, 0.2) is 0 Å². The first-order chi connectivity index (χ1) is 23.7. The molecule has 19 unspecified atom stereocenters. The van der Waals surface area contributed by atoms with Gasteiger partial charge in [0.2, 0.25) is 10.0 Å². The Morgan fingerprint density at radius 3 is 1.16 bits per heavy atom. The van der Waals surface area contributed by atoms with Crippen LogP contribution in [0.4, 0.5) is 0 Å². The van der Waals surface area contributed by atoms with Gasteiger partial charge >= 0.3 is 0 Å². The summed E-state index contributed by atoms with van der Waals surface area (Å²) in [6.45, 7) is 0. The molecule has 5 aliphatic heterocycles. The van der Waals surface area contributed by atoms with Crippen LogP contribution >= 0.6 is 0 Å². The van der Waals surface area contributed by atoms with Gasteiger partial charge in [0, 0.05) is 5.75 Å². The van der Waals surface area contributed by atoms with E-state index in [1.807, 2.05) is 0 Å². The number of nitrogens with one attached hydrogen (secondary N) is 8. The second-order valence-corrected chi connectivity index (χ2v) is 20.3. The highest BCUT2D eigenvalue weighted by Gasteiger charge is 2.57. The van der Waals surface area contributed by atoms with Crippen LogP contribution < -0.4 is 47.7 Å². The Morgan fingerprint density at radius 2 is 0.837 bits per heavy atom. The fourth-order valence-electron chi connectivity index (χ4n) is 13.2. The van der Waals surface area contributed by atoms with E-state index in [0.717, 1.165) is 6.42 Å². The number of primary sulfonamides is 1. The van der Waals surface area contributed by atoms with Crippen LogP contribution in [-0.4, -0.2) is 77.5 Å². The van der Waals surface area contributed by atoms with E-state index in [-0.39, 0.29) is 72.8 Å². The summed E-state index contributed by atoms with van der Waals surface area (Å²) in [7, 11) is -3.83. The molecule has 278 valence electrons. The van der Waals surface area contributed by atoms with Crippen LogP contribution in [0.1, 0.15) is 96.3 Å². The first kappa shape index (κ1) is 34.5. The van der Waals surface area contributed by atoms with Crippen LogP contribution in [0.2, 0.25) is 0 Å².